The molecule has 2 heterocycles. The molecule has 0 spiro atoms. The fraction of sp³-hybridized carbons (Fsp3) is 0.0476. The van der Waals surface area contributed by atoms with Crippen LogP contribution in [0.2, 0.25) is 4.34 Å². The van der Waals surface area contributed by atoms with Crippen LogP contribution < -0.4 is 0 Å². The van der Waals surface area contributed by atoms with E-state index in [9.17, 15) is 26.1 Å². The quantitative estimate of drug-likeness (QED) is 0.328. The van der Waals surface area contributed by atoms with Crippen molar-refractivity contribution in [2.75, 3.05) is 0 Å². The molecule has 11 heteroatoms. The van der Waals surface area contributed by atoms with Gasteiger partial charge in [-0.2, -0.15) is 21.6 Å². The summed E-state index contributed by atoms with van der Waals surface area (Å²) < 4.78 is 73.0. The van der Waals surface area contributed by atoms with Gasteiger partial charge in [0.2, 0.25) is 0 Å². The molecule has 0 bridgehead atoms. The summed E-state index contributed by atoms with van der Waals surface area (Å²) in [5.74, 6) is -0.146. The lowest BCUT2D eigenvalue weighted by Crippen LogP contribution is -2.10. The second-order valence-electron chi connectivity index (χ2n) is 6.65. The van der Waals surface area contributed by atoms with Crippen molar-refractivity contribution in [3.8, 4) is 33.1 Å². The third-order valence-electron chi connectivity index (χ3n) is 4.43. The highest BCUT2D eigenvalue weighted by atomic mass is 35.5. The van der Waals surface area contributed by atoms with E-state index >= 15 is 0 Å². The third-order valence-corrected chi connectivity index (χ3v) is 6.53. The first-order valence-corrected chi connectivity index (χ1v) is 11.5. The molecule has 5 nitrogen and oxygen atoms in total. The van der Waals surface area contributed by atoms with Gasteiger partial charge in [0.15, 0.2) is 5.82 Å². The van der Waals surface area contributed by atoms with Gasteiger partial charge in [-0.25, -0.2) is 9.97 Å². The monoisotopic (exact) mass is 496 g/mol. The van der Waals surface area contributed by atoms with E-state index < -0.39 is 22.0 Å². The van der Waals surface area contributed by atoms with E-state index in [1.165, 1.54) is 18.2 Å². The number of hydrogen-bond acceptors (Lipinski definition) is 5. The second kappa shape index (κ2) is 8.28. The van der Waals surface area contributed by atoms with Gasteiger partial charge in [0.05, 0.1) is 19.8 Å². The molecule has 0 atom stereocenters. The minimum absolute atomic E-state index is 0.0815. The van der Waals surface area contributed by atoms with Gasteiger partial charge in [0.1, 0.15) is 5.69 Å². The molecule has 0 aliphatic heterocycles. The van der Waals surface area contributed by atoms with E-state index in [0.29, 0.717) is 25.9 Å². The molecule has 0 fully saturated rings. The molecule has 1 N–H and O–H groups in total. The first-order chi connectivity index (χ1) is 15.0. The van der Waals surface area contributed by atoms with E-state index in [2.05, 4.69) is 9.97 Å². The van der Waals surface area contributed by atoms with Gasteiger partial charge in [-0.3, -0.25) is 4.55 Å². The number of benzene rings is 2. The van der Waals surface area contributed by atoms with Crippen LogP contribution >= 0.6 is 22.9 Å². The number of rotatable bonds is 4. The first-order valence-electron chi connectivity index (χ1n) is 8.91. The first kappa shape index (κ1) is 22.4. The maximum Gasteiger partial charge on any atom is 0.433 e. The molecule has 0 aliphatic rings. The number of nitrogens with zero attached hydrogens (tertiary/aromatic N) is 2. The maximum absolute atomic E-state index is 13.5. The van der Waals surface area contributed by atoms with Gasteiger partial charge in [0, 0.05) is 5.56 Å². The summed E-state index contributed by atoms with van der Waals surface area (Å²) in [4.78, 5) is 8.16. The van der Waals surface area contributed by atoms with Crippen LogP contribution in [0, 0.1) is 0 Å². The van der Waals surface area contributed by atoms with E-state index in [0.717, 1.165) is 17.4 Å². The van der Waals surface area contributed by atoms with Crippen molar-refractivity contribution in [1.29, 1.82) is 0 Å². The topological polar surface area (TPSA) is 80.2 Å². The van der Waals surface area contributed by atoms with Crippen LogP contribution in [-0.2, 0) is 16.3 Å². The zero-order valence-electron chi connectivity index (χ0n) is 15.8. The standard InChI is InChI=1S/C21H12ClF3N2O3S2/c22-19-8-7-17(31-19)16-11-18(21(23,24)25)27-20(26-16)14-5-1-3-12(9-14)13-4-2-6-15(10-13)32(28,29)30/h1-11H,(H,28,29,30). The average molecular weight is 497 g/mol. The molecule has 0 radical (unpaired) electrons. The highest BCUT2D eigenvalue weighted by Gasteiger charge is 2.34. The Hall–Kier alpha value is -2.79. The van der Waals surface area contributed by atoms with Crippen LogP contribution in [-0.4, -0.2) is 22.9 Å². The second-order valence-corrected chi connectivity index (χ2v) is 9.78. The van der Waals surface area contributed by atoms with Crippen LogP contribution in [0.25, 0.3) is 33.1 Å². The van der Waals surface area contributed by atoms with Crippen LogP contribution in [0.5, 0.6) is 0 Å². The molecule has 4 rings (SSSR count). The van der Waals surface area contributed by atoms with E-state index in [4.69, 9.17) is 11.6 Å². The smallest absolute Gasteiger partial charge is 0.282 e. The van der Waals surface area contributed by atoms with E-state index in [-0.39, 0.29) is 16.4 Å². The number of thiophene rings is 1. The van der Waals surface area contributed by atoms with Gasteiger partial charge in [-0.1, -0.05) is 41.9 Å². The van der Waals surface area contributed by atoms with Crippen molar-refractivity contribution >= 4 is 33.1 Å². The molecule has 32 heavy (non-hydrogen) atoms. The summed E-state index contributed by atoms with van der Waals surface area (Å²) >= 11 is 7.02. The van der Waals surface area contributed by atoms with Crippen molar-refractivity contribution in [3.63, 3.8) is 0 Å². The van der Waals surface area contributed by atoms with Crippen LogP contribution in [0.4, 0.5) is 13.2 Å². The van der Waals surface area contributed by atoms with E-state index in [1.807, 2.05) is 0 Å². The maximum atomic E-state index is 13.5. The number of halogens is 4. The van der Waals surface area contributed by atoms with E-state index in [1.54, 1.807) is 42.5 Å². The van der Waals surface area contributed by atoms with Crippen molar-refractivity contribution < 1.29 is 26.1 Å². The zero-order chi connectivity index (χ0) is 23.1. The fourth-order valence-corrected chi connectivity index (χ4v) is 4.50. The highest BCUT2D eigenvalue weighted by molar-refractivity contribution is 7.85. The van der Waals surface area contributed by atoms with Crippen LogP contribution in [0.1, 0.15) is 5.69 Å². The predicted molar refractivity (Wildman–Crippen MR) is 116 cm³/mol. The molecule has 0 aliphatic carbocycles. The Kier molecular flexibility index (Phi) is 5.80. The third kappa shape index (κ3) is 4.83. The Labute approximate surface area is 189 Å². The molecule has 2 aromatic carbocycles. The summed E-state index contributed by atoms with van der Waals surface area (Å²) in [7, 11) is -4.41. The SMILES string of the molecule is O=S(=O)(O)c1cccc(-c2cccc(-c3nc(-c4ccc(Cl)s4)cc(C(F)(F)F)n3)c2)c1. The molecular weight excluding hydrogens is 485 g/mol. The van der Waals surface area contributed by atoms with Crippen LogP contribution in [0.15, 0.2) is 71.6 Å². The summed E-state index contributed by atoms with van der Waals surface area (Å²) in [5, 5.41) is 0. The van der Waals surface area contributed by atoms with Crippen LogP contribution in [0.3, 0.4) is 0 Å². The molecule has 2 aromatic heterocycles. The lowest BCUT2D eigenvalue weighted by atomic mass is 10.0. The molecule has 164 valence electrons. The average Bonchev–Trinajstić information content (AvgIpc) is 3.19. The Balaban J connectivity index is 1.84. The van der Waals surface area contributed by atoms with Gasteiger partial charge >= 0.3 is 6.18 Å². The van der Waals surface area contributed by atoms with Gasteiger partial charge in [0.25, 0.3) is 10.1 Å². The Morgan fingerprint density at radius 2 is 1.53 bits per heavy atom. The molecule has 0 saturated heterocycles. The van der Waals surface area contributed by atoms with Crippen molar-refractivity contribution in [2.45, 2.75) is 11.1 Å². The molecular formula is C21H12ClF3N2O3S2. The summed E-state index contributed by atoms with van der Waals surface area (Å²) in [6, 6.07) is 15.9. The fourth-order valence-electron chi connectivity index (χ4n) is 2.97. The Morgan fingerprint density at radius 1 is 0.875 bits per heavy atom. The summed E-state index contributed by atoms with van der Waals surface area (Å²) in [6.45, 7) is 0. The Morgan fingerprint density at radius 3 is 2.16 bits per heavy atom. The number of aromatic nitrogens is 2. The summed E-state index contributed by atoms with van der Waals surface area (Å²) in [5.41, 5.74) is 0.238. The lowest BCUT2D eigenvalue weighted by Gasteiger charge is -2.11. The normalized spacial score (nSPS) is 12.2. The number of alkyl halides is 3. The zero-order valence-corrected chi connectivity index (χ0v) is 18.2. The van der Waals surface area contributed by atoms with Gasteiger partial charge in [-0.15, -0.1) is 11.3 Å². The predicted octanol–water partition coefficient (Wildman–Crippen LogP) is 6.46. The molecule has 0 unspecified atom stereocenters. The number of hydrogen-bond donors (Lipinski definition) is 1. The van der Waals surface area contributed by atoms with Crippen molar-refractivity contribution in [2.24, 2.45) is 0 Å². The highest BCUT2D eigenvalue weighted by Crippen LogP contribution is 2.36. The molecule has 0 amide bonds. The van der Waals surface area contributed by atoms with Crippen molar-refractivity contribution in [3.05, 3.63) is 76.8 Å². The van der Waals surface area contributed by atoms with Gasteiger partial charge < -0.3 is 0 Å². The van der Waals surface area contributed by atoms with Gasteiger partial charge in [-0.05, 0) is 47.5 Å². The molecule has 0 saturated carbocycles. The minimum Gasteiger partial charge on any atom is -0.282 e. The molecule has 4 aromatic rings. The largest absolute Gasteiger partial charge is 0.433 e. The minimum atomic E-state index is -4.69. The Bertz CT molecular complexity index is 1420. The lowest BCUT2D eigenvalue weighted by molar-refractivity contribution is -0.141. The summed E-state index contributed by atoms with van der Waals surface area (Å²) in [6.07, 6.45) is -4.69. The van der Waals surface area contributed by atoms with Crippen molar-refractivity contribution in [1.82, 2.24) is 9.97 Å².